The molecule has 1 rings (SSSR count). The molecule has 0 aliphatic carbocycles. The molecule has 0 saturated heterocycles. The average Bonchev–Trinajstić information content (AvgIpc) is 2.34. The third-order valence-electron chi connectivity index (χ3n) is 2.97. The summed E-state index contributed by atoms with van der Waals surface area (Å²) in [7, 11) is 1.72. The molecular formula is C13H23N3O. The van der Waals surface area contributed by atoms with Gasteiger partial charge in [-0.3, -0.25) is 0 Å². The van der Waals surface area contributed by atoms with E-state index in [1.54, 1.807) is 7.11 Å². The van der Waals surface area contributed by atoms with Gasteiger partial charge in [0, 0.05) is 19.7 Å². The zero-order chi connectivity index (χ0) is 12.7. The molecule has 0 aliphatic heterocycles. The number of anilines is 2. The van der Waals surface area contributed by atoms with Crippen LogP contribution in [0.3, 0.4) is 0 Å². The van der Waals surface area contributed by atoms with Gasteiger partial charge < -0.3 is 15.4 Å². The van der Waals surface area contributed by atoms with Crippen LogP contribution in [0.2, 0.25) is 0 Å². The van der Waals surface area contributed by atoms with Crippen molar-refractivity contribution < 1.29 is 4.74 Å². The number of nitrogens with zero attached hydrogens (tertiary/aromatic N) is 2. The van der Waals surface area contributed by atoms with E-state index in [0.717, 1.165) is 25.2 Å². The smallest absolute Gasteiger partial charge is 0.131 e. The lowest BCUT2D eigenvalue weighted by atomic mass is 10.1. The third-order valence-corrected chi connectivity index (χ3v) is 2.97. The highest BCUT2D eigenvalue weighted by Gasteiger charge is 2.16. The molecule has 17 heavy (non-hydrogen) atoms. The van der Waals surface area contributed by atoms with E-state index in [-0.39, 0.29) is 0 Å². The van der Waals surface area contributed by atoms with Crippen molar-refractivity contribution >= 4 is 11.6 Å². The van der Waals surface area contributed by atoms with Gasteiger partial charge in [-0.2, -0.15) is 0 Å². The summed E-state index contributed by atoms with van der Waals surface area (Å²) in [6, 6.07) is 6.24. The minimum absolute atomic E-state index is 0.486. The number of nitrogens with two attached hydrogens (primary N) is 1. The van der Waals surface area contributed by atoms with Crippen LogP contribution in [-0.2, 0) is 4.74 Å². The highest BCUT2D eigenvalue weighted by molar-refractivity contribution is 5.45. The molecule has 2 N–H and O–H groups in total. The molecule has 4 nitrogen and oxygen atoms in total. The normalized spacial score (nSPS) is 10.8. The van der Waals surface area contributed by atoms with Gasteiger partial charge in [0.25, 0.3) is 0 Å². The quantitative estimate of drug-likeness (QED) is 0.790. The van der Waals surface area contributed by atoms with E-state index in [1.165, 1.54) is 0 Å². The number of pyridine rings is 1. The first kappa shape index (κ1) is 13.8. The number of methoxy groups -OCH3 is 1. The van der Waals surface area contributed by atoms with Gasteiger partial charge in [0.1, 0.15) is 11.6 Å². The SMILES string of the molecule is CCC(CC)N(CCOC)c1cccc(N)n1. The lowest BCUT2D eigenvalue weighted by molar-refractivity contribution is 0.202. The highest BCUT2D eigenvalue weighted by atomic mass is 16.5. The summed E-state index contributed by atoms with van der Waals surface area (Å²) in [6.07, 6.45) is 2.19. The van der Waals surface area contributed by atoms with Crippen molar-refractivity contribution in [2.24, 2.45) is 0 Å². The molecule has 0 unspecified atom stereocenters. The molecule has 0 saturated carbocycles. The Morgan fingerprint density at radius 1 is 1.35 bits per heavy atom. The van der Waals surface area contributed by atoms with Gasteiger partial charge in [0.05, 0.1) is 6.61 Å². The second-order valence-electron chi connectivity index (χ2n) is 4.08. The van der Waals surface area contributed by atoms with Crippen LogP contribution in [0.1, 0.15) is 26.7 Å². The number of hydrogen-bond donors (Lipinski definition) is 1. The zero-order valence-electron chi connectivity index (χ0n) is 11.0. The molecule has 4 heteroatoms. The van der Waals surface area contributed by atoms with E-state index in [2.05, 4.69) is 23.7 Å². The second kappa shape index (κ2) is 7.12. The van der Waals surface area contributed by atoms with E-state index in [4.69, 9.17) is 10.5 Å². The first-order valence-electron chi connectivity index (χ1n) is 6.21. The van der Waals surface area contributed by atoms with Gasteiger partial charge in [0.2, 0.25) is 0 Å². The van der Waals surface area contributed by atoms with Gasteiger partial charge >= 0.3 is 0 Å². The predicted octanol–water partition coefficient (Wildman–Crippen LogP) is 2.31. The molecule has 1 aromatic rings. The number of aromatic nitrogens is 1. The Balaban J connectivity index is 2.88. The lowest BCUT2D eigenvalue weighted by Gasteiger charge is -2.31. The fourth-order valence-corrected chi connectivity index (χ4v) is 2.00. The monoisotopic (exact) mass is 237 g/mol. The van der Waals surface area contributed by atoms with Crippen molar-refractivity contribution in [1.82, 2.24) is 4.98 Å². The predicted molar refractivity (Wildman–Crippen MR) is 72.2 cm³/mol. The number of rotatable bonds is 7. The number of ether oxygens (including phenoxy) is 1. The van der Waals surface area contributed by atoms with Crippen LogP contribution < -0.4 is 10.6 Å². The molecule has 0 atom stereocenters. The van der Waals surface area contributed by atoms with Crippen LogP contribution in [0.4, 0.5) is 11.6 Å². The van der Waals surface area contributed by atoms with Crippen LogP contribution in [0, 0.1) is 0 Å². The topological polar surface area (TPSA) is 51.4 Å². The van der Waals surface area contributed by atoms with Crippen LogP contribution in [0.15, 0.2) is 18.2 Å². The van der Waals surface area contributed by atoms with Gasteiger partial charge in [-0.1, -0.05) is 19.9 Å². The zero-order valence-corrected chi connectivity index (χ0v) is 11.0. The Morgan fingerprint density at radius 2 is 2.06 bits per heavy atom. The van der Waals surface area contributed by atoms with E-state index in [9.17, 15) is 0 Å². The van der Waals surface area contributed by atoms with E-state index >= 15 is 0 Å². The fourth-order valence-electron chi connectivity index (χ4n) is 2.00. The summed E-state index contributed by atoms with van der Waals surface area (Å²) in [5.74, 6) is 1.51. The Labute approximate surface area is 104 Å². The molecule has 0 spiro atoms. The summed E-state index contributed by atoms with van der Waals surface area (Å²) in [5, 5.41) is 0. The van der Waals surface area contributed by atoms with Gasteiger partial charge in [-0.25, -0.2) is 4.98 Å². The van der Waals surface area contributed by atoms with E-state index < -0.39 is 0 Å². The standard InChI is InChI=1S/C13H23N3O/c1-4-11(5-2)16(9-10-17-3)13-8-6-7-12(14)15-13/h6-8,11H,4-5,9-10H2,1-3H3,(H2,14,15). The average molecular weight is 237 g/mol. The summed E-state index contributed by atoms with van der Waals surface area (Å²) in [4.78, 5) is 6.67. The maximum absolute atomic E-state index is 5.74. The van der Waals surface area contributed by atoms with Gasteiger partial charge in [0.15, 0.2) is 0 Å². The van der Waals surface area contributed by atoms with Crippen LogP contribution in [0.5, 0.6) is 0 Å². The van der Waals surface area contributed by atoms with Crippen LogP contribution in [0.25, 0.3) is 0 Å². The fraction of sp³-hybridized carbons (Fsp3) is 0.615. The molecule has 96 valence electrons. The van der Waals surface area contributed by atoms with Crippen molar-refractivity contribution in [3.63, 3.8) is 0 Å². The van der Waals surface area contributed by atoms with Crippen molar-refractivity contribution in [2.75, 3.05) is 30.9 Å². The molecule has 0 bridgehead atoms. The molecule has 0 amide bonds. The summed E-state index contributed by atoms with van der Waals surface area (Å²) in [6.45, 7) is 5.94. The van der Waals surface area contributed by atoms with Crippen molar-refractivity contribution in [2.45, 2.75) is 32.7 Å². The van der Waals surface area contributed by atoms with Gasteiger partial charge in [-0.05, 0) is 25.0 Å². The first-order chi connectivity index (χ1) is 8.22. The van der Waals surface area contributed by atoms with Crippen LogP contribution >= 0.6 is 0 Å². The molecule has 1 heterocycles. The summed E-state index contributed by atoms with van der Waals surface area (Å²) in [5.41, 5.74) is 5.74. The second-order valence-corrected chi connectivity index (χ2v) is 4.08. The van der Waals surface area contributed by atoms with Gasteiger partial charge in [-0.15, -0.1) is 0 Å². The molecular weight excluding hydrogens is 214 g/mol. The lowest BCUT2D eigenvalue weighted by Crippen LogP contribution is -2.37. The molecule has 0 radical (unpaired) electrons. The third kappa shape index (κ3) is 3.89. The highest BCUT2D eigenvalue weighted by Crippen LogP contribution is 2.18. The minimum atomic E-state index is 0.486. The molecule has 0 aromatic carbocycles. The number of nitrogen functional groups attached to an aromatic ring is 1. The summed E-state index contributed by atoms with van der Waals surface area (Å²) < 4.78 is 5.16. The van der Waals surface area contributed by atoms with E-state index in [0.29, 0.717) is 18.5 Å². The number of hydrogen-bond acceptors (Lipinski definition) is 4. The van der Waals surface area contributed by atoms with Crippen molar-refractivity contribution in [3.05, 3.63) is 18.2 Å². The van der Waals surface area contributed by atoms with Crippen LogP contribution in [-0.4, -0.2) is 31.3 Å². The maximum Gasteiger partial charge on any atom is 0.131 e. The Hall–Kier alpha value is -1.29. The Morgan fingerprint density at radius 3 is 2.59 bits per heavy atom. The molecule has 0 fully saturated rings. The van der Waals surface area contributed by atoms with Crippen molar-refractivity contribution in [3.8, 4) is 0 Å². The minimum Gasteiger partial charge on any atom is -0.384 e. The van der Waals surface area contributed by atoms with E-state index in [1.807, 2.05) is 18.2 Å². The molecule has 0 aliphatic rings. The Kier molecular flexibility index (Phi) is 5.77. The Bertz CT molecular complexity index is 326. The first-order valence-corrected chi connectivity index (χ1v) is 6.21. The van der Waals surface area contributed by atoms with Crippen molar-refractivity contribution in [1.29, 1.82) is 0 Å². The summed E-state index contributed by atoms with van der Waals surface area (Å²) >= 11 is 0. The molecule has 1 aromatic heterocycles. The maximum atomic E-state index is 5.74. The largest absolute Gasteiger partial charge is 0.384 e.